The monoisotopic (exact) mass is 683 g/mol. The molecule has 5 saturated carbocycles. The van der Waals surface area contributed by atoms with Crippen molar-refractivity contribution in [3.63, 3.8) is 0 Å². The number of likely N-dealkylation sites (tertiary alicyclic amines) is 1. The van der Waals surface area contributed by atoms with Gasteiger partial charge in [-0.3, -0.25) is 0 Å². The van der Waals surface area contributed by atoms with Gasteiger partial charge in [-0.15, -0.1) is 0 Å². The number of aliphatic hydroxyl groups is 1. The zero-order valence-electron chi connectivity index (χ0n) is 31.7. The molecule has 2 spiro atoms. The van der Waals surface area contributed by atoms with Crippen molar-refractivity contribution in [1.29, 1.82) is 0 Å². The second-order valence-electron chi connectivity index (χ2n) is 19.7. The van der Waals surface area contributed by atoms with Gasteiger partial charge in [0.15, 0.2) is 0 Å². The van der Waals surface area contributed by atoms with Gasteiger partial charge in [0.2, 0.25) is 0 Å². The fraction of sp³-hybridized carbons (Fsp3) is 0.950. The summed E-state index contributed by atoms with van der Waals surface area (Å²) < 4.78 is 19.6. The first kappa shape index (κ1) is 34.5. The second kappa shape index (κ2) is 11.5. The van der Waals surface area contributed by atoms with Crippen LogP contribution >= 0.6 is 0 Å². The number of rotatable bonds is 4. The summed E-state index contributed by atoms with van der Waals surface area (Å²) >= 11 is 0. The third-order valence-electron chi connectivity index (χ3n) is 17.1. The number of ether oxygens (including phenoxy) is 3. The summed E-state index contributed by atoms with van der Waals surface area (Å²) in [6.07, 6.45) is 8.15. The summed E-state index contributed by atoms with van der Waals surface area (Å²) in [5.41, 5.74) is 0.188. The van der Waals surface area contributed by atoms with Gasteiger partial charge >= 0.3 is 12.2 Å². The van der Waals surface area contributed by atoms with Gasteiger partial charge in [-0.05, 0) is 111 Å². The Kier molecular flexibility index (Phi) is 8.07. The van der Waals surface area contributed by atoms with Crippen molar-refractivity contribution in [2.75, 3.05) is 46.3 Å². The summed E-state index contributed by atoms with van der Waals surface area (Å²) in [6, 6.07) is 0. The molecule has 0 unspecified atom stereocenters. The normalized spacial score (nSPS) is 49.0. The number of amides is 2. The molecule has 49 heavy (non-hydrogen) atoms. The van der Waals surface area contributed by atoms with Crippen molar-refractivity contribution in [2.45, 2.75) is 137 Å². The molecule has 8 fully saturated rings. The number of carbonyl (C=O) groups excluding carboxylic acids is 2. The Balaban J connectivity index is 1.02. The Morgan fingerprint density at radius 2 is 1.51 bits per heavy atom. The van der Waals surface area contributed by atoms with Crippen LogP contribution in [0.3, 0.4) is 0 Å². The topological polar surface area (TPSA) is 91.8 Å². The van der Waals surface area contributed by atoms with Gasteiger partial charge in [-0.1, -0.05) is 48.5 Å². The Morgan fingerprint density at radius 1 is 0.857 bits per heavy atom. The van der Waals surface area contributed by atoms with Crippen LogP contribution in [0.4, 0.5) is 9.59 Å². The maximum Gasteiger partial charge on any atom is 0.410 e. The number of hydrogen-bond donors (Lipinski definition) is 1. The van der Waals surface area contributed by atoms with Crippen molar-refractivity contribution in [3.8, 4) is 0 Å². The minimum Gasteiger partial charge on any atom is -0.446 e. The summed E-state index contributed by atoms with van der Waals surface area (Å²) in [5.74, 6) is 1.77. The van der Waals surface area contributed by atoms with Crippen molar-refractivity contribution in [1.82, 2.24) is 14.7 Å². The van der Waals surface area contributed by atoms with Gasteiger partial charge in [0.25, 0.3) is 0 Å². The third kappa shape index (κ3) is 4.65. The van der Waals surface area contributed by atoms with E-state index < -0.39 is 6.10 Å². The molecule has 5 aliphatic carbocycles. The minimum atomic E-state index is -0.545. The largest absolute Gasteiger partial charge is 0.446 e. The van der Waals surface area contributed by atoms with E-state index in [1.807, 2.05) is 4.90 Å². The Bertz CT molecular complexity index is 1330. The van der Waals surface area contributed by atoms with Gasteiger partial charge in [0.1, 0.15) is 12.2 Å². The van der Waals surface area contributed by atoms with Crippen LogP contribution in [0.1, 0.15) is 106 Å². The average Bonchev–Trinajstić information content (AvgIpc) is 3.65. The zero-order chi connectivity index (χ0) is 34.9. The highest BCUT2D eigenvalue weighted by molar-refractivity contribution is 5.69. The van der Waals surface area contributed by atoms with E-state index in [0.717, 1.165) is 84.2 Å². The summed E-state index contributed by atoms with van der Waals surface area (Å²) in [4.78, 5) is 32.3. The zero-order valence-corrected chi connectivity index (χ0v) is 31.7. The second-order valence-corrected chi connectivity index (χ2v) is 19.7. The van der Waals surface area contributed by atoms with Crippen LogP contribution in [-0.4, -0.2) is 109 Å². The Labute approximate surface area is 295 Å². The third-order valence-corrected chi connectivity index (χ3v) is 17.1. The molecule has 0 aromatic rings. The highest BCUT2D eigenvalue weighted by Crippen LogP contribution is 2.89. The van der Waals surface area contributed by atoms with Gasteiger partial charge in [0, 0.05) is 50.1 Å². The fourth-order valence-electron chi connectivity index (χ4n) is 14.3. The lowest BCUT2D eigenvalue weighted by molar-refractivity contribution is -0.185. The molecule has 8 aliphatic rings. The SMILES string of the molecule is CC(C)[C@@H](OC(=O)N1CCC1)[C@H]1C[C@@H](C)[C@H]2[C@H](O1)[C@H](O)[C@@]1(C)[C@@H]3CC[C@H]4C(C)(C)[C@@H](OC(=O)N5CCN(C)CC5)CC[C@@]45C[C@@]35CC[C@]21C. The van der Waals surface area contributed by atoms with E-state index in [1.54, 1.807) is 4.90 Å². The standard InChI is InChI=1S/C40H65N3O6/c1-24(2)31(49-35(46)42-16-9-17-42)26-22-25(3)30-32(47-26)33(44)38(7)28-11-10-27-36(4,5)29(48-34(45)43-20-18-41(8)19-21-43)12-13-39(27)23-40(28,39)15-14-37(30,38)6/h24-33,44H,9-23H2,1-8H3/t25-,26-,27+,28+,29+,30+,31-,32+,33+,37-,38-,39-,40+/m1/s1. The van der Waals surface area contributed by atoms with Crippen molar-refractivity contribution in [3.05, 3.63) is 0 Å². The van der Waals surface area contributed by atoms with Crippen molar-refractivity contribution >= 4 is 12.2 Å². The minimum absolute atomic E-state index is 0.0135. The molecule has 2 amide bonds. The fourth-order valence-corrected chi connectivity index (χ4v) is 14.3. The summed E-state index contributed by atoms with van der Waals surface area (Å²) in [7, 11) is 2.11. The van der Waals surface area contributed by atoms with E-state index in [9.17, 15) is 14.7 Å². The first-order chi connectivity index (χ1) is 23.1. The van der Waals surface area contributed by atoms with Crippen LogP contribution in [0, 0.1) is 56.7 Å². The Hall–Kier alpha value is -1.58. The molecule has 1 N–H and O–H groups in total. The van der Waals surface area contributed by atoms with E-state index >= 15 is 0 Å². The number of nitrogens with zero attached hydrogens (tertiary/aromatic N) is 3. The molecule has 276 valence electrons. The molecule has 8 rings (SSSR count). The van der Waals surface area contributed by atoms with Crippen LogP contribution in [0.2, 0.25) is 0 Å². The molecular weight excluding hydrogens is 618 g/mol. The lowest BCUT2D eigenvalue weighted by Crippen LogP contribution is -2.60. The predicted octanol–water partition coefficient (Wildman–Crippen LogP) is 6.42. The number of hydrogen-bond acceptors (Lipinski definition) is 7. The summed E-state index contributed by atoms with van der Waals surface area (Å²) in [6.45, 7) is 21.2. The van der Waals surface area contributed by atoms with Gasteiger partial charge in [-0.2, -0.15) is 0 Å². The van der Waals surface area contributed by atoms with Crippen molar-refractivity contribution < 1.29 is 28.9 Å². The molecule has 3 heterocycles. The van der Waals surface area contributed by atoms with Crippen LogP contribution < -0.4 is 0 Å². The smallest absolute Gasteiger partial charge is 0.410 e. The van der Waals surface area contributed by atoms with E-state index in [4.69, 9.17) is 14.2 Å². The number of carbonyl (C=O) groups is 2. The summed E-state index contributed by atoms with van der Waals surface area (Å²) in [5, 5.41) is 12.7. The van der Waals surface area contributed by atoms with E-state index in [0.29, 0.717) is 17.8 Å². The predicted molar refractivity (Wildman–Crippen MR) is 187 cm³/mol. The molecule has 9 nitrogen and oxygen atoms in total. The molecule has 0 bridgehead atoms. The maximum atomic E-state index is 13.3. The quantitative estimate of drug-likeness (QED) is 0.366. The molecule has 9 heteroatoms. The number of aliphatic hydroxyl groups excluding tert-OH is 1. The number of likely N-dealkylation sites (N-methyl/N-ethyl adjacent to an activating group) is 1. The molecule has 0 radical (unpaired) electrons. The first-order valence-electron chi connectivity index (χ1n) is 20.0. The molecule has 13 atom stereocenters. The molecule has 0 aromatic heterocycles. The lowest BCUT2D eigenvalue weighted by Gasteiger charge is -2.63. The highest BCUT2D eigenvalue weighted by Gasteiger charge is 2.84. The van der Waals surface area contributed by atoms with Gasteiger partial charge < -0.3 is 34.0 Å². The van der Waals surface area contributed by atoms with E-state index in [1.165, 1.54) is 12.8 Å². The van der Waals surface area contributed by atoms with Crippen molar-refractivity contribution in [2.24, 2.45) is 56.7 Å². The molecule has 3 saturated heterocycles. The van der Waals surface area contributed by atoms with E-state index in [-0.39, 0.29) is 75.5 Å². The molecular formula is C40H65N3O6. The lowest BCUT2D eigenvalue weighted by atomic mass is 9.41. The number of piperazine rings is 1. The molecule has 0 aromatic carbocycles. The first-order valence-corrected chi connectivity index (χ1v) is 20.0. The van der Waals surface area contributed by atoms with Crippen LogP contribution in [0.5, 0.6) is 0 Å². The highest BCUT2D eigenvalue weighted by atomic mass is 16.6. The number of fused-ring (bicyclic) bond motifs is 4. The van der Waals surface area contributed by atoms with Crippen LogP contribution in [0.15, 0.2) is 0 Å². The maximum absolute atomic E-state index is 13.3. The Morgan fingerprint density at radius 3 is 2.16 bits per heavy atom. The average molecular weight is 684 g/mol. The van der Waals surface area contributed by atoms with E-state index in [2.05, 4.69) is 60.4 Å². The van der Waals surface area contributed by atoms with Crippen LogP contribution in [0.25, 0.3) is 0 Å². The van der Waals surface area contributed by atoms with Gasteiger partial charge in [-0.25, -0.2) is 9.59 Å². The van der Waals surface area contributed by atoms with Crippen LogP contribution in [-0.2, 0) is 14.2 Å². The van der Waals surface area contributed by atoms with Gasteiger partial charge in [0.05, 0.1) is 18.3 Å². The molecule has 3 aliphatic heterocycles.